The summed E-state index contributed by atoms with van der Waals surface area (Å²) in [6, 6.07) is 4.94. The van der Waals surface area contributed by atoms with Gasteiger partial charge in [-0.1, -0.05) is 6.07 Å². The molecule has 3 amide bonds. The molecule has 0 atom stereocenters. The van der Waals surface area contributed by atoms with E-state index in [2.05, 4.69) is 15.8 Å². The number of urea groups is 1. The number of carbonyl (C=O) groups is 2. The number of primary amides is 1. The van der Waals surface area contributed by atoms with E-state index in [4.69, 9.17) is 5.73 Å². The monoisotopic (exact) mass is 262 g/mol. The summed E-state index contributed by atoms with van der Waals surface area (Å²) in [5.41, 5.74) is 10.4. The highest BCUT2D eigenvalue weighted by Crippen LogP contribution is 2.14. The van der Waals surface area contributed by atoms with Crippen molar-refractivity contribution >= 4 is 23.3 Å². The van der Waals surface area contributed by atoms with Gasteiger partial charge in [-0.2, -0.15) is 5.10 Å². The molecule has 4 N–H and O–H groups in total. The minimum atomic E-state index is -0.756. The van der Waals surface area contributed by atoms with E-state index < -0.39 is 6.03 Å². The summed E-state index contributed by atoms with van der Waals surface area (Å²) in [6.45, 7) is 5.62. The second kappa shape index (κ2) is 6.53. The number of amides is 3. The fraction of sp³-hybridized carbons (Fsp3) is 0.308. The smallest absolute Gasteiger partial charge is 0.332 e. The lowest BCUT2D eigenvalue weighted by atomic mass is 10.1. The van der Waals surface area contributed by atoms with Crippen LogP contribution in [0.5, 0.6) is 0 Å². The van der Waals surface area contributed by atoms with Crippen LogP contribution in [0.1, 0.15) is 24.5 Å². The summed E-state index contributed by atoms with van der Waals surface area (Å²) < 4.78 is 0. The number of nitrogens with two attached hydrogens (primary N) is 1. The Morgan fingerprint density at radius 3 is 2.53 bits per heavy atom. The fourth-order valence-corrected chi connectivity index (χ4v) is 1.45. The lowest BCUT2D eigenvalue weighted by Gasteiger charge is -2.07. The van der Waals surface area contributed by atoms with Crippen LogP contribution < -0.4 is 16.5 Å². The zero-order valence-electron chi connectivity index (χ0n) is 11.3. The molecular formula is C13H18N4O2. The molecule has 0 aromatic heterocycles. The van der Waals surface area contributed by atoms with Crippen LogP contribution in [0, 0.1) is 13.8 Å². The van der Waals surface area contributed by atoms with Crippen molar-refractivity contribution in [3.05, 3.63) is 29.3 Å². The highest BCUT2D eigenvalue weighted by molar-refractivity contribution is 6.05. The molecule has 0 fully saturated rings. The van der Waals surface area contributed by atoms with Crippen LogP contribution in [0.3, 0.4) is 0 Å². The van der Waals surface area contributed by atoms with Gasteiger partial charge < -0.3 is 11.1 Å². The predicted octanol–water partition coefficient (Wildman–Crippen LogP) is 1.68. The molecule has 0 radical (unpaired) electrons. The highest BCUT2D eigenvalue weighted by atomic mass is 16.2. The van der Waals surface area contributed by atoms with E-state index in [1.54, 1.807) is 6.92 Å². The first-order valence-corrected chi connectivity index (χ1v) is 5.84. The first kappa shape index (κ1) is 14.7. The Kier molecular flexibility index (Phi) is 5.05. The number of rotatable bonds is 4. The molecule has 6 heteroatoms. The summed E-state index contributed by atoms with van der Waals surface area (Å²) in [4.78, 5) is 22.2. The molecule has 0 aliphatic heterocycles. The number of nitrogens with zero attached hydrogens (tertiary/aromatic N) is 1. The standard InChI is InChI=1S/C13H18N4O2/c1-8-4-5-11(6-9(8)2)15-12(18)7-10(3)16-17-13(14)19/h4-6H,7H2,1-3H3,(H,15,18)(H3,14,17,19). The van der Waals surface area contributed by atoms with E-state index in [0.717, 1.165) is 11.3 Å². The van der Waals surface area contributed by atoms with Crippen molar-refractivity contribution in [2.75, 3.05) is 5.32 Å². The number of carbonyl (C=O) groups excluding carboxylic acids is 2. The van der Waals surface area contributed by atoms with Crippen LogP contribution in [0.25, 0.3) is 0 Å². The van der Waals surface area contributed by atoms with E-state index in [9.17, 15) is 9.59 Å². The number of hydrogen-bond acceptors (Lipinski definition) is 3. The van der Waals surface area contributed by atoms with Crippen molar-refractivity contribution in [1.82, 2.24) is 5.43 Å². The predicted molar refractivity (Wildman–Crippen MR) is 75.0 cm³/mol. The van der Waals surface area contributed by atoms with Gasteiger partial charge in [-0.3, -0.25) is 4.79 Å². The van der Waals surface area contributed by atoms with Gasteiger partial charge in [0.15, 0.2) is 0 Å². The van der Waals surface area contributed by atoms with Crippen molar-refractivity contribution in [2.24, 2.45) is 10.8 Å². The van der Waals surface area contributed by atoms with Crippen LogP contribution in [0.4, 0.5) is 10.5 Å². The van der Waals surface area contributed by atoms with E-state index in [0.29, 0.717) is 5.71 Å². The van der Waals surface area contributed by atoms with Gasteiger partial charge in [0.25, 0.3) is 0 Å². The maximum Gasteiger partial charge on any atom is 0.332 e. The zero-order valence-corrected chi connectivity index (χ0v) is 11.3. The van der Waals surface area contributed by atoms with E-state index in [-0.39, 0.29) is 12.3 Å². The SMILES string of the molecule is CC(CC(=O)Nc1ccc(C)c(C)c1)=NNC(N)=O. The van der Waals surface area contributed by atoms with Crippen molar-refractivity contribution in [2.45, 2.75) is 27.2 Å². The Hall–Kier alpha value is -2.37. The van der Waals surface area contributed by atoms with Crippen LogP contribution >= 0.6 is 0 Å². The zero-order chi connectivity index (χ0) is 14.4. The molecule has 0 saturated heterocycles. The van der Waals surface area contributed by atoms with Crippen molar-refractivity contribution in [3.8, 4) is 0 Å². The first-order valence-electron chi connectivity index (χ1n) is 5.84. The molecule has 1 aromatic carbocycles. The van der Waals surface area contributed by atoms with Gasteiger partial charge in [0, 0.05) is 11.4 Å². The summed E-state index contributed by atoms with van der Waals surface area (Å²) >= 11 is 0. The molecular weight excluding hydrogens is 244 g/mol. The van der Waals surface area contributed by atoms with Gasteiger partial charge in [0.1, 0.15) is 0 Å². The third kappa shape index (κ3) is 5.20. The van der Waals surface area contributed by atoms with Crippen LogP contribution in [-0.4, -0.2) is 17.6 Å². The van der Waals surface area contributed by atoms with E-state index in [1.165, 1.54) is 5.56 Å². The first-order chi connectivity index (χ1) is 8.88. The minimum absolute atomic E-state index is 0.0905. The van der Waals surface area contributed by atoms with Gasteiger partial charge in [0.05, 0.1) is 6.42 Å². The molecule has 19 heavy (non-hydrogen) atoms. The summed E-state index contributed by atoms with van der Waals surface area (Å²) in [6.07, 6.45) is 0.0905. The van der Waals surface area contributed by atoms with Crippen LogP contribution in [0.2, 0.25) is 0 Å². The maximum atomic E-state index is 11.7. The second-order valence-electron chi connectivity index (χ2n) is 4.35. The van der Waals surface area contributed by atoms with Crippen molar-refractivity contribution < 1.29 is 9.59 Å². The quantitative estimate of drug-likeness (QED) is 0.568. The van der Waals surface area contributed by atoms with Crippen molar-refractivity contribution in [3.63, 3.8) is 0 Å². The number of hydrogen-bond donors (Lipinski definition) is 3. The van der Waals surface area contributed by atoms with Gasteiger partial charge >= 0.3 is 6.03 Å². The molecule has 0 bridgehead atoms. The molecule has 0 unspecified atom stereocenters. The normalized spacial score (nSPS) is 11.0. The molecule has 1 aromatic rings. The van der Waals surface area contributed by atoms with Gasteiger partial charge in [0.2, 0.25) is 5.91 Å². The van der Waals surface area contributed by atoms with Crippen LogP contribution in [-0.2, 0) is 4.79 Å². The number of nitrogens with one attached hydrogen (secondary N) is 2. The molecule has 6 nitrogen and oxygen atoms in total. The lowest BCUT2D eigenvalue weighted by molar-refractivity contribution is -0.115. The number of anilines is 1. The molecule has 102 valence electrons. The molecule has 0 saturated carbocycles. The Morgan fingerprint density at radius 2 is 1.95 bits per heavy atom. The third-order valence-corrected chi connectivity index (χ3v) is 2.56. The second-order valence-corrected chi connectivity index (χ2v) is 4.35. The maximum absolute atomic E-state index is 11.7. The Morgan fingerprint density at radius 1 is 1.26 bits per heavy atom. The van der Waals surface area contributed by atoms with Gasteiger partial charge in [-0.25, -0.2) is 10.2 Å². The topological polar surface area (TPSA) is 96.6 Å². The van der Waals surface area contributed by atoms with Gasteiger partial charge in [-0.05, 0) is 44.0 Å². The number of aryl methyl sites for hydroxylation is 2. The molecule has 0 spiro atoms. The summed E-state index contributed by atoms with van der Waals surface area (Å²) in [7, 11) is 0. The van der Waals surface area contributed by atoms with E-state index >= 15 is 0 Å². The Balaban J connectivity index is 2.57. The van der Waals surface area contributed by atoms with Gasteiger partial charge in [-0.15, -0.1) is 0 Å². The lowest BCUT2D eigenvalue weighted by Crippen LogP contribution is -2.26. The van der Waals surface area contributed by atoms with Crippen molar-refractivity contribution in [1.29, 1.82) is 0 Å². The largest absolute Gasteiger partial charge is 0.350 e. The fourth-order valence-electron chi connectivity index (χ4n) is 1.45. The molecule has 0 aliphatic rings. The molecule has 1 rings (SSSR count). The summed E-state index contributed by atoms with van der Waals surface area (Å²) in [5, 5.41) is 6.43. The van der Waals surface area contributed by atoms with E-state index in [1.807, 2.05) is 32.0 Å². The number of benzene rings is 1. The van der Waals surface area contributed by atoms with Crippen LogP contribution in [0.15, 0.2) is 23.3 Å². The Labute approximate surface area is 112 Å². The average Bonchev–Trinajstić information content (AvgIpc) is 2.31. The highest BCUT2D eigenvalue weighted by Gasteiger charge is 2.05. The number of hydrazone groups is 1. The summed E-state index contributed by atoms with van der Waals surface area (Å²) in [5.74, 6) is -0.198. The molecule has 0 heterocycles. The minimum Gasteiger partial charge on any atom is -0.350 e. The third-order valence-electron chi connectivity index (χ3n) is 2.56. The Bertz CT molecular complexity index is 523. The molecule has 0 aliphatic carbocycles. The average molecular weight is 262 g/mol.